The molecular weight excluding hydrogens is 344 g/mol. The molecule has 1 N–H and O–H groups in total. The predicted octanol–water partition coefficient (Wildman–Crippen LogP) is 3.25. The van der Waals surface area contributed by atoms with Gasteiger partial charge in [-0.05, 0) is 43.2 Å². The molecule has 0 atom stereocenters. The third-order valence-corrected chi connectivity index (χ3v) is 4.51. The highest BCUT2D eigenvalue weighted by Crippen LogP contribution is 2.36. The number of methoxy groups -OCH3 is 3. The highest BCUT2D eigenvalue weighted by molar-refractivity contribution is 6.19. The van der Waals surface area contributed by atoms with Crippen molar-refractivity contribution in [3.8, 4) is 17.2 Å². The number of ether oxygens (including phenoxy) is 3. The van der Waals surface area contributed by atoms with Crippen LogP contribution in [0.2, 0.25) is 0 Å². The molecule has 27 heavy (non-hydrogen) atoms. The maximum atomic E-state index is 12.4. The highest BCUT2D eigenvalue weighted by Gasteiger charge is 2.22. The van der Waals surface area contributed by atoms with E-state index in [4.69, 9.17) is 14.2 Å². The molecule has 0 fully saturated rings. The monoisotopic (exact) mass is 366 g/mol. The smallest absolute Gasteiger partial charge is 0.275 e. The summed E-state index contributed by atoms with van der Waals surface area (Å²) in [5, 5.41) is 2.82. The third kappa shape index (κ3) is 3.65. The number of benzene rings is 2. The molecule has 0 saturated carbocycles. The number of amides is 1. The molecule has 1 heterocycles. The number of nitrogens with one attached hydrogen (secondary N) is 1. The molecule has 2 aromatic rings. The molecule has 0 bridgehead atoms. The molecule has 0 radical (unpaired) electrons. The number of hydrogen-bond acceptors (Lipinski definition) is 5. The first-order chi connectivity index (χ1) is 13.0. The summed E-state index contributed by atoms with van der Waals surface area (Å²) in [7, 11) is 4.67. The Bertz CT molecular complexity index is 961. The van der Waals surface area contributed by atoms with Gasteiger partial charge >= 0.3 is 0 Å². The zero-order valence-corrected chi connectivity index (χ0v) is 16.0. The second kappa shape index (κ2) is 7.53. The molecule has 1 aliphatic rings. The summed E-state index contributed by atoms with van der Waals surface area (Å²) in [6.45, 7) is 4.07. The van der Waals surface area contributed by atoms with Crippen LogP contribution in [-0.2, 0) is 4.79 Å². The van der Waals surface area contributed by atoms with Crippen LogP contribution in [0.25, 0.3) is 6.08 Å². The molecule has 1 amide bonds. The van der Waals surface area contributed by atoms with Crippen molar-refractivity contribution in [1.82, 2.24) is 5.32 Å². The average molecular weight is 366 g/mol. The van der Waals surface area contributed by atoms with Gasteiger partial charge < -0.3 is 19.5 Å². The standard InChI is InChI=1S/C21H22N2O4/c1-12-6-7-14(8-13(12)2)20-22-16(21(24)23-20)9-15-10-18(26-4)19(27-5)11-17(15)25-3/h6-11H,1-5H3,(H,22,23,24)/b16-9-. The van der Waals surface area contributed by atoms with E-state index in [9.17, 15) is 4.79 Å². The van der Waals surface area contributed by atoms with Crippen molar-refractivity contribution >= 4 is 17.8 Å². The number of nitrogens with zero attached hydrogens (tertiary/aromatic N) is 1. The summed E-state index contributed by atoms with van der Waals surface area (Å²) in [5.41, 5.74) is 4.17. The minimum Gasteiger partial charge on any atom is -0.496 e. The van der Waals surface area contributed by atoms with Crippen LogP contribution < -0.4 is 19.5 Å². The number of carbonyl (C=O) groups is 1. The second-order valence-electron chi connectivity index (χ2n) is 6.19. The van der Waals surface area contributed by atoms with Gasteiger partial charge in [0.05, 0.1) is 21.3 Å². The van der Waals surface area contributed by atoms with Gasteiger partial charge in [0.1, 0.15) is 17.3 Å². The van der Waals surface area contributed by atoms with Gasteiger partial charge in [-0.2, -0.15) is 0 Å². The first kappa shape index (κ1) is 18.5. The normalized spacial score (nSPS) is 14.8. The topological polar surface area (TPSA) is 69.2 Å². The predicted molar refractivity (Wildman–Crippen MR) is 105 cm³/mol. The summed E-state index contributed by atoms with van der Waals surface area (Å²) in [6.07, 6.45) is 1.67. The molecule has 2 aromatic carbocycles. The van der Waals surface area contributed by atoms with Crippen molar-refractivity contribution in [2.24, 2.45) is 4.99 Å². The summed E-state index contributed by atoms with van der Waals surface area (Å²) >= 11 is 0. The fourth-order valence-corrected chi connectivity index (χ4v) is 2.81. The van der Waals surface area contributed by atoms with Crippen LogP contribution in [0.5, 0.6) is 17.2 Å². The highest BCUT2D eigenvalue weighted by atomic mass is 16.5. The van der Waals surface area contributed by atoms with E-state index < -0.39 is 0 Å². The summed E-state index contributed by atoms with van der Waals surface area (Å²) in [5.74, 6) is 1.92. The van der Waals surface area contributed by atoms with Crippen molar-refractivity contribution in [1.29, 1.82) is 0 Å². The Morgan fingerprint density at radius 1 is 0.889 bits per heavy atom. The largest absolute Gasteiger partial charge is 0.496 e. The molecule has 6 heteroatoms. The van der Waals surface area contributed by atoms with Crippen molar-refractivity contribution in [3.05, 3.63) is 58.3 Å². The maximum Gasteiger partial charge on any atom is 0.275 e. The molecule has 6 nitrogen and oxygen atoms in total. The van der Waals surface area contributed by atoms with Gasteiger partial charge in [-0.15, -0.1) is 0 Å². The van der Waals surface area contributed by atoms with Gasteiger partial charge in [0.2, 0.25) is 0 Å². The lowest BCUT2D eigenvalue weighted by molar-refractivity contribution is -0.115. The van der Waals surface area contributed by atoms with E-state index in [2.05, 4.69) is 10.3 Å². The van der Waals surface area contributed by atoms with Crippen LogP contribution in [0.3, 0.4) is 0 Å². The Kier molecular flexibility index (Phi) is 5.16. The van der Waals surface area contributed by atoms with Gasteiger partial charge in [0, 0.05) is 17.2 Å². The minimum atomic E-state index is -0.264. The fraction of sp³-hybridized carbons (Fsp3) is 0.238. The molecule has 0 aliphatic carbocycles. The number of hydrogen-bond donors (Lipinski definition) is 1. The van der Waals surface area contributed by atoms with Crippen molar-refractivity contribution in [2.45, 2.75) is 13.8 Å². The van der Waals surface area contributed by atoms with Gasteiger partial charge in [-0.1, -0.05) is 12.1 Å². The Morgan fingerprint density at radius 3 is 2.19 bits per heavy atom. The third-order valence-electron chi connectivity index (χ3n) is 4.51. The SMILES string of the molecule is COc1cc(OC)c(OC)cc1/C=C1\N=C(c2ccc(C)c(C)c2)NC1=O. The first-order valence-electron chi connectivity index (χ1n) is 8.46. The van der Waals surface area contributed by atoms with E-state index in [0.29, 0.717) is 34.3 Å². The van der Waals surface area contributed by atoms with Crippen LogP contribution >= 0.6 is 0 Å². The quantitative estimate of drug-likeness (QED) is 0.825. The average Bonchev–Trinajstić information content (AvgIpc) is 3.04. The first-order valence-corrected chi connectivity index (χ1v) is 8.46. The van der Waals surface area contributed by atoms with Crippen LogP contribution in [0.15, 0.2) is 41.0 Å². The number of carbonyl (C=O) groups excluding carboxylic acids is 1. The van der Waals surface area contributed by atoms with Crippen LogP contribution in [-0.4, -0.2) is 33.1 Å². The lowest BCUT2D eigenvalue weighted by atomic mass is 10.1. The van der Waals surface area contributed by atoms with Gasteiger partial charge in [-0.25, -0.2) is 4.99 Å². The van der Waals surface area contributed by atoms with Crippen LogP contribution in [0.4, 0.5) is 0 Å². The molecule has 0 unspecified atom stereocenters. The van der Waals surface area contributed by atoms with Gasteiger partial charge in [-0.3, -0.25) is 4.79 Å². The zero-order valence-electron chi connectivity index (χ0n) is 16.0. The molecule has 1 aliphatic heterocycles. The zero-order chi connectivity index (χ0) is 19.6. The molecule has 0 saturated heterocycles. The minimum absolute atomic E-state index is 0.264. The van der Waals surface area contributed by atoms with Crippen molar-refractivity contribution in [3.63, 3.8) is 0 Å². The van der Waals surface area contributed by atoms with E-state index in [1.807, 2.05) is 32.0 Å². The van der Waals surface area contributed by atoms with Crippen molar-refractivity contribution in [2.75, 3.05) is 21.3 Å². The van der Waals surface area contributed by atoms with E-state index in [0.717, 1.165) is 11.1 Å². The number of rotatable bonds is 5. The molecule has 140 valence electrons. The number of aryl methyl sites for hydroxylation is 2. The van der Waals surface area contributed by atoms with Gasteiger partial charge in [0.15, 0.2) is 11.5 Å². The van der Waals surface area contributed by atoms with Gasteiger partial charge in [0.25, 0.3) is 5.91 Å². The van der Waals surface area contributed by atoms with E-state index >= 15 is 0 Å². The molecule has 3 rings (SSSR count). The van der Waals surface area contributed by atoms with E-state index in [-0.39, 0.29) is 5.91 Å². The fourth-order valence-electron chi connectivity index (χ4n) is 2.81. The molecule has 0 spiro atoms. The van der Waals surface area contributed by atoms with Crippen LogP contribution in [0.1, 0.15) is 22.3 Å². The molecular formula is C21H22N2O4. The number of amidine groups is 1. The second-order valence-corrected chi connectivity index (χ2v) is 6.19. The molecule has 0 aromatic heterocycles. The Morgan fingerprint density at radius 2 is 1.56 bits per heavy atom. The summed E-state index contributed by atoms with van der Waals surface area (Å²) in [6, 6.07) is 9.43. The lowest BCUT2D eigenvalue weighted by Gasteiger charge is -2.12. The van der Waals surface area contributed by atoms with Crippen molar-refractivity contribution < 1.29 is 19.0 Å². The number of aliphatic imine (C=N–C) groups is 1. The Labute approximate surface area is 158 Å². The Balaban J connectivity index is 2.02. The summed E-state index contributed by atoms with van der Waals surface area (Å²) < 4.78 is 16.0. The summed E-state index contributed by atoms with van der Waals surface area (Å²) in [4.78, 5) is 16.9. The van der Waals surface area contributed by atoms with E-state index in [1.54, 1.807) is 39.5 Å². The lowest BCUT2D eigenvalue weighted by Crippen LogP contribution is -2.24. The Hall–Kier alpha value is -3.28. The van der Waals surface area contributed by atoms with E-state index in [1.165, 1.54) is 5.56 Å². The van der Waals surface area contributed by atoms with Crippen LogP contribution in [0, 0.1) is 13.8 Å². The maximum absolute atomic E-state index is 12.4.